The Morgan fingerprint density at radius 1 is 1.41 bits per heavy atom. The van der Waals surface area contributed by atoms with Gasteiger partial charge in [0.2, 0.25) is 0 Å². The van der Waals surface area contributed by atoms with Gasteiger partial charge in [-0.2, -0.15) is 0 Å². The molecule has 4 heteroatoms. The molecule has 3 aliphatic rings. The van der Waals surface area contributed by atoms with E-state index in [4.69, 9.17) is 4.74 Å². The number of phenolic OH excluding ortho intramolecular Hbond substituents is 1. The summed E-state index contributed by atoms with van der Waals surface area (Å²) in [5, 5.41) is 10.9. The van der Waals surface area contributed by atoms with Crippen molar-refractivity contribution in [2.45, 2.75) is 43.6 Å². The molecule has 1 heterocycles. The first kappa shape index (κ1) is 14.7. The van der Waals surface area contributed by atoms with Gasteiger partial charge in [-0.05, 0) is 65.6 Å². The zero-order valence-electron chi connectivity index (χ0n) is 13.1. The van der Waals surface area contributed by atoms with Gasteiger partial charge < -0.3 is 14.7 Å². The van der Waals surface area contributed by atoms with Crippen LogP contribution in [0.2, 0.25) is 0 Å². The molecule has 1 fully saturated rings. The van der Waals surface area contributed by atoms with Crippen molar-refractivity contribution in [1.82, 2.24) is 4.90 Å². The highest BCUT2D eigenvalue weighted by Gasteiger charge is 2.53. The van der Waals surface area contributed by atoms with Gasteiger partial charge in [-0.1, -0.05) is 18.9 Å². The largest absolute Gasteiger partial charge is 0.504 e. The summed E-state index contributed by atoms with van der Waals surface area (Å²) in [6.07, 6.45) is 10.6. The van der Waals surface area contributed by atoms with Gasteiger partial charge in [0.1, 0.15) is 0 Å². The summed E-state index contributed by atoms with van der Waals surface area (Å²) in [6, 6.07) is 2.53. The van der Waals surface area contributed by atoms with Crippen molar-refractivity contribution in [3.63, 3.8) is 0 Å². The zero-order chi connectivity index (χ0) is 15.5. The number of benzene rings is 1. The molecule has 0 radical (unpaired) electrons. The normalized spacial score (nSPS) is 32.4. The minimum atomic E-state index is 0.00154. The number of hydrogen-bond donors (Lipinski definition) is 1. The molecule has 0 aromatic heterocycles. The van der Waals surface area contributed by atoms with E-state index < -0.39 is 0 Å². The zero-order valence-corrected chi connectivity index (χ0v) is 15.3. The van der Waals surface area contributed by atoms with Gasteiger partial charge in [0.05, 0.1) is 7.11 Å². The molecule has 4 rings (SSSR count). The Hall–Kier alpha value is -0.910. The predicted octanol–water partition coefficient (Wildman–Crippen LogP) is 3.82. The molecule has 1 N–H and O–H groups in total. The van der Waals surface area contributed by atoms with Crippen molar-refractivity contribution < 1.29 is 9.84 Å². The molecule has 2 aliphatic carbocycles. The predicted molar refractivity (Wildman–Crippen MR) is 95.4 cm³/mol. The second-order valence-corrected chi connectivity index (χ2v) is 8.07. The molecular formula is C18H22INO2. The molecule has 0 amide bonds. The van der Waals surface area contributed by atoms with Crippen LogP contribution in [0.25, 0.3) is 0 Å². The number of phenols is 1. The number of aromatic hydroxyl groups is 1. The summed E-state index contributed by atoms with van der Waals surface area (Å²) in [4.78, 5) is 2.38. The lowest BCUT2D eigenvalue weighted by Gasteiger charge is -2.55. The van der Waals surface area contributed by atoms with E-state index in [0.717, 1.165) is 18.4 Å². The first-order chi connectivity index (χ1) is 10.6. The van der Waals surface area contributed by atoms with Crippen LogP contribution in [0.15, 0.2) is 18.3 Å². The van der Waals surface area contributed by atoms with Crippen LogP contribution in [0.1, 0.15) is 36.8 Å². The molecule has 118 valence electrons. The molecule has 1 aromatic rings. The van der Waals surface area contributed by atoms with E-state index >= 15 is 0 Å². The van der Waals surface area contributed by atoms with Gasteiger partial charge in [-0.25, -0.2) is 0 Å². The number of rotatable bonds is 1. The Labute approximate surface area is 145 Å². The summed E-state index contributed by atoms with van der Waals surface area (Å²) in [5.41, 5.74) is 2.49. The highest BCUT2D eigenvalue weighted by Crippen LogP contribution is 2.58. The first-order valence-electron chi connectivity index (χ1n) is 8.08. The Morgan fingerprint density at radius 2 is 2.23 bits per heavy atom. The number of nitrogens with zero attached hydrogens (tertiary/aromatic N) is 1. The molecule has 1 aliphatic heterocycles. The maximum atomic E-state index is 10.9. The summed E-state index contributed by atoms with van der Waals surface area (Å²) < 4.78 is 6.66. The fraction of sp³-hybridized carbons (Fsp3) is 0.556. The number of hydrogen-bond acceptors (Lipinski definition) is 3. The van der Waals surface area contributed by atoms with Gasteiger partial charge in [0.25, 0.3) is 0 Å². The van der Waals surface area contributed by atoms with E-state index in [1.165, 1.54) is 28.4 Å². The van der Waals surface area contributed by atoms with Crippen LogP contribution < -0.4 is 4.74 Å². The average Bonchev–Trinajstić information content (AvgIpc) is 2.53. The van der Waals surface area contributed by atoms with Crippen molar-refractivity contribution in [3.8, 4) is 11.5 Å². The SMILES string of the molecule is COc1cc(I)c2c(c1O)[C@]13C=CN(C)[C@H](C2)[C@@H]1CCCC3. The molecule has 3 atom stereocenters. The molecule has 1 aromatic carbocycles. The van der Waals surface area contributed by atoms with Crippen LogP contribution in [0.4, 0.5) is 0 Å². The summed E-state index contributed by atoms with van der Waals surface area (Å²) in [7, 11) is 3.84. The third-order valence-corrected chi connectivity index (χ3v) is 6.99. The highest BCUT2D eigenvalue weighted by atomic mass is 127. The maximum Gasteiger partial charge on any atom is 0.162 e. The summed E-state index contributed by atoms with van der Waals surface area (Å²) in [6.45, 7) is 0. The Bertz CT molecular complexity index is 657. The lowest BCUT2D eigenvalue weighted by molar-refractivity contribution is 0.0880. The van der Waals surface area contributed by atoms with Crippen molar-refractivity contribution >= 4 is 22.6 Å². The van der Waals surface area contributed by atoms with E-state index in [9.17, 15) is 5.11 Å². The summed E-state index contributed by atoms with van der Waals surface area (Å²) in [5.74, 6) is 1.60. The van der Waals surface area contributed by atoms with Crippen molar-refractivity contribution in [2.24, 2.45) is 5.92 Å². The van der Waals surface area contributed by atoms with Gasteiger partial charge in [-0.15, -0.1) is 0 Å². The first-order valence-corrected chi connectivity index (χ1v) is 9.16. The molecule has 0 saturated heterocycles. The molecule has 0 spiro atoms. The molecule has 22 heavy (non-hydrogen) atoms. The molecule has 1 saturated carbocycles. The molecule has 2 bridgehead atoms. The number of fused-ring (bicyclic) bond motifs is 1. The van der Waals surface area contributed by atoms with Crippen LogP contribution in [-0.2, 0) is 11.8 Å². The fourth-order valence-corrected chi connectivity index (χ4v) is 5.79. The highest BCUT2D eigenvalue weighted by molar-refractivity contribution is 14.1. The fourth-order valence-electron chi connectivity index (χ4n) is 5.01. The van der Waals surface area contributed by atoms with E-state index in [-0.39, 0.29) is 5.41 Å². The number of allylic oxidation sites excluding steroid dienone is 1. The number of ether oxygens (including phenoxy) is 1. The third kappa shape index (κ3) is 1.79. The van der Waals surface area contributed by atoms with Crippen LogP contribution >= 0.6 is 22.6 Å². The van der Waals surface area contributed by atoms with E-state index in [2.05, 4.69) is 46.8 Å². The second kappa shape index (κ2) is 5.05. The number of halogens is 1. The van der Waals surface area contributed by atoms with Crippen LogP contribution in [-0.4, -0.2) is 30.2 Å². The van der Waals surface area contributed by atoms with Gasteiger partial charge in [-0.3, -0.25) is 0 Å². The van der Waals surface area contributed by atoms with Crippen molar-refractivity contribution in [3.05, 3.63) is 33.0 Å². The quantitative estimate of drug-likeness (QED) is 0.714. The minimum Gasteiger partial charge on any atom is -0.504 e. The lowest BCUT2D eigenvalue weighted by atomic mass is 9.54. The third-order valence-electron chi connectivity index (χ3n) is 6.03. The smallest absolute Gasteiger partial charge is 0.162 e. The molecular weight excluding hydrogens is 389 g/mol. The molecule has 3 nitrogen and oxygen atoms in total. The van der Waals surface area contributed by atoms with Gasteiger partial charge in [0, 0.05) is 27.6 Å². The number of likely N-dealkylation sites (N-methyl/N-ethyl adjacent to an activating group) is 1. The Morgan fingerprint density at radius 3 is 3.00 bits per heavy atom. The van der Waals surface area contributed by atoms with Crippen LogP contribution in [0, 0.1) is 9.49 Å². The Balaban J connectivity index is 2.02. The monoisotopic (exact) mass is 411 g/mol. The van der Waals surface area contributed by atoms with Crippen LogP contribution in [0.3, 0.4) is 0 Å². The summed E-state index contributed by atoms with van der Waals surface area (Å²) >= 11 is 2.40. The van der Waals surface area contributed by atoms with Gasteiger partial charge in [0.15, 0.2) is 11.5 Å². The van der Waals surface area contributed by atoms with Crippen LogP contribution in [0.5, 0.6) is 11.5 Å². The van der Waals surface area contributed by atoms with Crippen molar-refractivity contribution in [2.75, 3.05) is 14.2 Å². The van der Waals surface area contributed by atoms with E-state index in [1.54, 1.807) is 7.11 Å². The lowest BCUT2D eigenvalue weighted by Crippen LogP contribution is -2.55. The maximum absolute atomic E-state index is 10.9. The minimum absolute atomic E-state index is 0.00154. The molecule has 0 unspecified atom stereocenters. The van der Waals surface area contributed by atoms with Crippen molar-refractivity contribution in [1.29, 1.82) is 0 Å². The Kier molecular flexibility index (Phi) is 3.36. The van der Waals surface area contributed by atoms with Gasteiger partial charge >= 0.3 is 0 Å². The topological polar surface area (TPSA) is 32.7 Å². The van der Waals surface area contributed by atoms with E-state index in [1.807, 2.05) is 6.07 Å². The second-order valence-electron chi connectivity index (χ2n) is 6.91. The average molecular weight is 411 g/mol. The van der Waals surface area contributed by atoms with E-state index in [0.29, 0.717) is 23.5 Å². The standard InChI is InChI=1S/C18H22INO2/c1-20-8-7-18-6-4-3-5-12(18)14(20)9-11-13(19)10-15(22-2)17(21)16(11)18/h7-8,10,12,14,21H,3-6,9H2,1-2H3/t12-,14+,18+/m0/s1. The number of methoxy groups -OCH3 is 1.